The second-order valence-corrected chi connectivity index (χ2v) is 4.56. The molecule has 0 bridgehead atoms. The number of hydrogen-bond donors (Lipinski definition) is 3. The molecule has 0 aliphatic heterocycles. The minimum absolute atomic E-state index is 0.113. The number of carbonyl (C=O) groups is 1. The zero-order valence-electron chi connectivity index (χ0n) is 10.0. The van der Waals surface area contributed by atoms with Gasteiger partial charge >= 0.3 is 0 Å². The quantitative estimate of drug-likeness (QED) is 0.481. The van der Waals surface area contributed by atoms with Crippen molar-refractivity contribution in [3.05, 3.63) is 0 Å². The van der Waals surface area contributed by atoms with Gasteiger partial charge in [0.2, 0.25) is 5.91 Å². The predicted molar refractivity (Wildman–Crippen MR) is 64.2 cm³/mol. The first-order valence-electron chi connectivity index (χ1n) is 6.41. The van der Waals surface area contributed by atoms with Crippen molar-refractivity contribution in [1.82, 2.24) is 10.6 Å². The molecule has 1 aliphatic carbocycles. The average molecular weight is 228 g/mol. The molecule has 0 heterocycles. The van der Waals surface area contributed by atoms with E-state index < -0.39 is 0 Å². The van der Waals surface area contributed by atoms with Crippen molar-refractivity contribution in [2.45, 2.75) is 38.5 Å². The van der Waals surface area contributed by atoms with E-state index in [-0.39, 0.29) is 12.5 Å². The molecular weight excluding hydrogens is 204 g/mol. The summed E-state index contributed by atoms with van der Waals surface area (Å²) in [5.74, 6) is 0.865. The van der Waals surface area contributed by atoms with E-state index in [9.17, 15) is 4.79 Å². The molecular formula is C12H24N2O2. The molecule has 0 spiro atoms. The van der Waals surface area contributed by atoms with Crippen molar-refractivity contribution >= 4 is 5.91 Å². The molecule has 0 atom stereocenters. The number of rotatable bonds is 10. The highest BCUT2D eigenvalue weighted by Gasteiger charge is 2.21. The molecule has 1 amide bonds. The Hall–Kier alpha value is -0.610. The summed E-state index contributed by atoms with van der Waals surface area (Å²) in [4.78, 5) is 11.3. The number of aliphatic hydroxyl groups excluding tert-OH is 1. The number of amides is 1. The normalized spacial score (nSPS) is 15.1. The fraction of sp³-hybridized carbons (Fsp3) is 0.917. The zero-order valence-corrected chi connectivity index (χ0v) is 10.0. The molecule has 0 unspecified atom stereocenters. The highest BCUT2D eigenvalue weighted by atomic mass is 16.2. The van der Waals surface area contributed by atoms with Crippen LogP contribution in [-0.2, 0) is 4.79 Å². The van der Waals surface area contributed by atoms with Crippen LogP contribution in [0.3, 0.4) is 0 Å². The summed E-state index contributed by atoms with van der Waals surface area (Å²) in [6, 6.07) is 0. The van der Waals surface area contributed by atoms with Gasteiger partial charge in [-0.1, -0.05) is 12.8 Å². The molecule has 1 fully saturated rings. The van der Waals surface area contributed by atoms with Gasteiger partial charge in [0.15, 0.2) is 0 Å². The van der Waals surface area contributed by atoms with Gasteiger partial charge in [-0.15, -0.1) is 0 Å². The summed E-state index contributed by atoms with van der Waals surface area (Å²) >= 11 is 0. The molecule has 4 heteroatoms. The Bertz CT molecular complexity index is 193. The van der Waals surface area contributed by atoms with Crippen LogP contribution in [-0.4, -0.2) is 37.3 Å². The first-order valence-corrected chi connectivity index (χ1v) is 6.41. The zero-order chi connectivity index (χ0) is 11.6. The monoisotopic (exact) mass is 228 g/mol. The summed E-state index contributed by atoms with van der Waals surface area (Å²) in [6.45, 7) is 2.48. The Labute approximate surface area is 97.8 Å². The fourth-order valence-corrected chi connectivity index (χ4v) is 1.56. The lowest BCUT2D eigenvalue weighted by atomic mass is 10.2. The van der Waals surface area contributed by atoms with E-state index in [1.165, 1.54) is 12.8 Å². The molecule has 0 aromatic rings. The smallest absolute Gasteiger partial charge is 0.233 e. The summed E-state index contributed by atoms with van der Waals surface area (Å²) < 4.78 is 0. The highest BCUT2D eigenvalue weighted by Crippen LogP contribution is 2.27. The summed E-state index contributed by atoms with van der Waals surface area (Å²) in [5, 5.41) is 14.6. The maximum absolute atomic E-state index is 11.3. The lowest BCUT2D eigenvalue weighted by Crippen LogP contribution is -2.35. The standard InChI is InChI=1S/C12H24N2O2/c15-8-4-2-1-3-7-13-10-12(16)14-9-11-5-6-11/h11,13,15H,1-10H2,(H,14,16). The van der Waals surface area contributed by atoms with Crippen LogP contribution in [0.15, 0.2) is 0 Å². The number of hydrogen-bond acceptors (Lipinski definition) is 3. The van der Waals surface area contributed by atoms with Crippen LogP contribution in [0.1, 0.15) is 38.5 Å². The molecule has 1 rings (SSSR count). The van der Waals surface area contributed by atoms with Gasteiger partial charge < -0.3 is 15.7 Å². The highest BCUT2D eigenvalue weighted by molar-refractivity contribution is 5.77. The molecule has 1 saturated carbocycles. The lowest BCUT2D eigenvalue weighted by molar-refractivity contribution is -0.120. The molecule has 1 aliphatic rings. The van der Waals surface area contributed by atoms with Crippen LogP contribution in [0.5, 0.6) is 0 Å². The molecule has 0 aromatic carbocycles. The third kappa shape index (κ3) is 7.65. The van der Waals surface area contributed by atoms with Crippen molar-refractivity contribution in [2.75, 3.05) is 26.2 Å². The molecule has 0 radical (unpaired) electrons. The molecule has 94 valence electrons. The molecule has 16 heavy (non-hydrogen) atoms. The Kier molecular flexibility index (Phi) is 7.17. The van der Waals surface area contributed by atoms with E-state index in [1.54, 1.807) is 0 Å². The van der Waals surface area contributed by atoms with E-state index >= 15 is 0 Å². The second kappa shape index (κ2) is 8.53. The maximum Gasteiger partial charge on any atom is 0.233 e. The Balaban J connectivity index is 1.76. The van der Waals surface area contributed by atoms with Crippen molar-refractivity contribution < 1.29 is 9.90 Å². The van der Waals surface area contributed by atoms with E-state index in [0.717, 1.165) is 44.7 Å². The van der Waals surface area contributed by atoms with Gasteiger partial charge in [0.25, 0.3) is 0 Å². The predicted octanol–water partition coefficient (Wildman–Crippen LogP) is 0.655. The first-order chi connectivity index (χ1) is 7.83. The fourth-order valence-electron chi connectivity index (χ4n) is 1.56. The van der Waals surface area contributed by atoms with Crippen molar-refractivity contribution in [2.24, 2.45) is 5.92 Å². The van der Waals surface area contributed by atoms with Crippen LogP contribution >= 0.6 is 0 Å². The van der Waals surface area contributed by atoms with Gasteiger partial charge in [-0.3, -0.25) is 4.79 Å². The van der Waals surface area contributed by atoms with Crippen molar-refractivity contribution in [1.29, 1.82) is 0 Å². The largest absolute Gasteiger partial charge is 0.396 e. The first kappa shape index (κ1) is 13.5. The van der Waals surface area contributed by atoms with Gasteiger partial charge in [0.05, 0.1) is 6.54 Å². The third-order valence-corrected chi connectivity index (χ3v) is 2.83. The van der Waals surface area contributed by atoms with Gasteiger partial charge in [-0.25, -0.2) is 0 Å². The molecule has 4 nitrogen and oxygen atoms in total. The number of aliphatic hydroxyl groups is 1. The van der Waals surface area contributed by atoms with Crippen LogP contribution in [0.2, 0.25) is 0 Å². The van der Waals surface area contributed by atoms with Gasteiger partial charge in [0, 0.05) is 13.2 Å². The minimum atomic E-state index is 0.113. The van der Waals surface area contributed by atoms with Gasteiger partial charge in [-0.05, 0) is 38.1 Å². The van der Waals surface area contributed by atoms with Gasteiger partial charge in [-0.2, -0.15) is 0 Å². The molecule has 3 N–H and O–H groups in total. The van der Waals surface area contributed by atoms with Crippen LogP contribution in [0.4, 0.5) is 0 Å². The van der Waals surface area contributed by atoms with Crippen molar-refractivity contribution in [3.63, 3.8) is 0 Å². The lowest BCUT2D eigenvalue weighted by Gasteiger charge is -2.05. The van der Waals surface area contributed by atoms with Crippen LogP contribution < -0.4 is 10.6 Å². The molecule has 0 aromatic heterocycles. The molecule has 0 saturated heterocycles. The van der Waals surface area contributed by atoms with Crippen LogP contribution in [0.25, 0.3) is 0 Å². The summed E-state index contributed by atoms with van der Waals surface area (Å²) in [7, 11) is 0. The van der Waals surface area contributed by atoms with Crippen molar-refractivity contribution in [3.8, 4) is 0 Å². The minimum Gasteiger partial charge on any atom is -0.396 e. The Morgan fingerprint density at radius 3 is 2.62 bits per heavy atom. The number of carbonyl (C=O) groups excluding carboxylic acids is 1. The van der Waals surface area contributed by atoms with Gasteiger partial charge in [0.1, 0.15) is 0 Å². The number of nitrogens with one attached hydrogen (secondary N) is 2. The SMILES string of the molecule is O=C(CNCCCCCCO)NCC1CC1. The topological polar surface area (TPSA) is 61.4 Å². The maximum atomic E-state index is 11.3. The Morgan fingerprint density at radius 2 is 1.94 bits per heavy atom. The third-order valence-electron chi connectivity index (χ3n) is 2.83. The van der Waals surface area contributed by atoms with E-state index in [2.05, 4.69) is 10.6 Å². The van der Waals surface area contributed by atoms with E-state index in [0.29, 0.717) is 6.54 Å². The average Bonchev–Trinajstić information content (AvgIpc) is 3.09. The van der Waals surface area contributed by atoms with Crippen LogP contribution in [0, 0.1) is 5.92 Å². The van der Waals surface area contributed by atoms with E-state index in [1.807, 2.05) is 0 Å². The van der Waals surface area contributed by atoms with E-state index in [4.69, 9.17) is 5.11 Å². The number of unbranched alkanes of at least 4 members (excludes halogenated alkanes) is 3. The Morgan fingerprint density at radius 1 is 1.19 bits per heavy atom. The second-order valence-electron chi connectivity index (χ2n) is 4.56. The summed E-state index contributed by atoms with van der Waals surface area (Å²) in [6.07, 6.45) is 6.72. The summed E-state index contributed by atoms with van der Waals surface area (Å²) in [5.41, 5.74) is 0.